The minimum Gasteiger partial charge on any atom is -0.507 e. The molecule has 1 heterocycles. The number of phenolic OH excluding ortho intramolecular Hbond substituents is 1. The highest BCUT2D eigenvalue weighted by Gasteiger charge is 2.12. The summed E-state index contributed by atoms with van der Waals surface area (Å²) in [6.45, 7) is 0.135. The first kappa shape index (κ1) is 12.0. The van der Waals surface area contributed by atoms with Crippen molar-refractivity contribution in [2.75, 3.05) is 0 Å². The van der Waals surface area contributed by atoms with Crippen LogP contribution in [-0.4, -0.2) is 25.8 Å². The molecule has 0 aliphatic carbocycles. The molecule has 2 N–H and O–H groups in total. The van der Waals surface area contributed by atoms with Crippen LogP contribution in [-0.2, 0) is 13.6 Å². The lowest BCUT2D eigenvalue weighted by Crippen LogP contribution is -2.23. The number of aromatic nitrogens is 3. The van der Waals surface area contributed by atoms with E-state index in [0.717, 1.165) is 12.1 Å². The molecule has 0 fully saturated rings. The topological polar surface area (TPSA) is 80.0 Å². The van der Waals surface area contributed by atoms with E-state index in [1.54, 1.807) is 7.05 Å². The van der Waals surface area contributed by atoms with Crippen molar-refractivity contribution in [1.29, 1.82) is 0 Å². The lowest BCUT2D eigenvalue weighted by molar-refractivity contribution is 0.0947. The normalized spacial score (nSPS) is 10.3. The van der Waals surface area contributed by atoms with Crippen LogP contribution in [0.3, 0.4) is 0 Å². The minimum absolute atomic E-state index is 0.00679. The van der Waals surface area contributed by atoms with Crippen LogP contribution < -0.4 is 5.32 Å². The molecule has 0 spiro atoms. The predicted molar refractivity (Wildman–Crippen MR) is 60.2 cm³/mol. The van der Waals surface area contributed by atoms with Crippen molar-refractivity contribution in [3.05, 3.63) is 41.7 Å². The first-order valence-electron chi connectivity index (χ1n) is 5.17. The van der Waals surface area contributed by atoms with Gasteiger partial charge in [0.1, 0.15) is 17.9 Å². The minimum atomic E-state index is -0.601. The Bertz CT molecular complexity index is 582. The van der Waals surface area contributed by atoms with E-state index in [2.05, 4.69) is 15.4 Å². The average Bonchev–Trinajstić information content (AvgIpc) is 2.72. The van der Waals surface area contributed by atoms with Crippen LogP contribution in [0, 0.1) is 5.82 Å². The summed E-state index contributed by atoms with van der Waals surface area (Å²) in [5, 5.41) is 15.9. The number of benzene rings is 1. The molecule has 0 saturated heterocycles. The fourth-order valence-corrected chi connectivity index (χ4v) is 1.42. The highest BCUT2D eigenvalue weighted by atomic mass is 19.1. The molecule has 2 aromatic rings. The molecule has 0 radical (unpaired) electrons. The predicted octanol–water partition coefficient (Wildman–Crippen LogP) is 0.590. The van der Waals surface area contributed by atoms with Gasteiger partial charge in [-0.3, -0.25) is 9.48 Å². The van der Waals surface area contributed by atoms with Crippen molar-refractivity contribution in [3.8, 4) is 5.75 Å². The first-order chi connectivity index (χ1) is 8.56. The summed E-state index contributed by atoms with van der Waals surface area (Å²) >= 11 is 0. The number of carbonyl (C=O) groups excluding carboxylic acids is 1. The Morgan fingerprint density at radius 1 is 1.56 bits per heavy atom. The lowest BCUT2D eigenvalue weighted by Gasteiger charge is -2.04. The number of nitrogens with zero attached hydrogens (tertiary/aromatic N) is 3. The highest BCUT2D eigenvalue weighted by molar-refractivity contribution is 5.96. The van der Waals surface area contributed by atoms with Gasteiger partial charge >= 0.3 is 0 Å². The molecule has 0 bridgehead atoms. The number of amides is 1. The number of phenols is 1. The number of halogens is 1. The van der Waals surface area contributed by atoms with E-state index in [1.165, 1.54) is 17.1 Å². The van der Waals surface area contributed by atoms with Gasteiger partial charge in [0.15, 0.2) is 5.82 Å². The summed E-state index contributed by atoms with van der Waals surface area (Å²) < 4.78 is 14.3. The summed E-state index contributed by atoms with van der Waals surface area (Å²) in [5.41, 5.74) is 0.00679. The monoisotopic (exact) mass is 250 g/mol. The first-order valence-corrected chi connectivity index (χ1v) is 5.17. The maximum absolute atomic E-state index is 12.8. The van der Waals surface area contributed by atoms with Gasteiger partial charge in [0.05, 0.1) is 12.1 Å². The van der Waals surface area contributed by atoms with Crippen molar-refractivity contribution in [2.45, 2.75) is 6.54 Å². The summed E-state index contributed by atoms with van der Waals surface area (Å²) in [6, 6.07) is 3.20. The zero-order chi connectivity index (χ0) is 13.1. The van der Waals surface area contributed by atoms with Crippen molar-refractivity contribution >= 4 is 5.91 Å². The molecule has 0 aliphatic heterocycles. The van der Waals surface area contributed by atoms with E-state index in [0.29, 0.717) is 5.82 Å². The third-order valence-electron chi connectivity index (χ3n) is 2.26. The van der Waals surface area contributed by atoms with E-state index in [4.69, 9.17) is 0 Å². The van der Waals surface area contributed by atoms with Gasteiger partial charge in [-0.1, -0.05) is 0 Å². The molecule has 0 unspecified atom stereocenters. The zero-order valence-electron chi connectivity index (χ0n) is 9.59. The van der Waals surface area contributed by atoms with Gasteiger partial charge in [0.25, 0.3) is 5.91 Å². The molecule has 94 valence electrons. The number of hydrogen-bond acceptors (Lipinski definition) is 4. The molecule has 1 aromatic heterocycles. The van der Waals surface area contributed by atoms with Crippen LogP contribution in [0.5, 0.6) is 5.75 Å². The Labute approximate surface area is 102 Å². The Hall–Kier alpha value is -2.44. The number of nitrogens with one attached hydrogen (secondary N) is 1. The van der Waals surface area contributed by atoms with Gasteiger partial charge in [0.2, 0.25) is 0 Å². The molecular formula is C11H11FN4O2. The fourth-order valence-electron chi connectivity index (χ4n) is 1.42. The van der Waals surface area contributed by atoms with E-state index < -0.39 is 17.5 Å². The second-order valence-corrected chi connectivity index (χ2v) is 3.68. The summed E-state index contributed by atoms with van der Waals surface area (Å²) in [6.07, 6.45) is 1.51. The molecule has 0 aliphatic rings. The molecule has 1 aromatic carbocycles. The largest absolute Gasteiger partial charge is 0.507 e. The van der Waals surface area contributed by atoms with Gasteiger partial charge in [-0.2, -0.15) is 5.10 Å². The van der Waals surface area contributed by atoms with Crippen molar-refractivity contribution < 1.29 is 14.3 Å². The lowest BCUT2D eigenvalue weighted by atomic mass is 10.2. The Balaban J connectivity index is 2.03. The Morgan fingerprint density at radius 2 is 2.33 bits per heavy atom. The van der Waals surface area contributed by atoms with E-state index in [1.807, 2.05) is 0 Å². The van der Waals surface area contributed by atoms with Gasteiger partial charge in [0, 0.05) is 13.1 Å². The van der Waals surface area contributed by atoms with Crippen LogP contribution in [0.4, 0.5) is 4.39 Å². The quantitative estimate of drug-likeness (QED) is 0.835. The standard InChI is InChI=1S/C11H11FN4O2/c1-16-6-14-10(15-16)5-13-11(18)8-3-2-7(12)4-9(8)17/h2-4,6,17H,5H2,1H3,(H,13,18). The van der Waals surface area contributed by atoms with Gasteiger partial charge in [-0.25, -0.2) is 9.37 Å². The third kappa shape index (κ3) is 2.62. The summed E-state index contributed by atoms with van der Waals surface area (Å²) in [4.78, 5) is 15.6. The van der Waals surface area contributed by atoms with Crippen LogP contribution in [0.1, 0.15) is 16.2 Å². The number of carbonyl (C=O) groups is 1. The van der Waals surface area contributed by atoms with E-state index in [-0.39, 0.29) is 12.1 Å². The van der Waals surface area contributed by atoms with Gasteiger partial charge < -0.3 is 10.4 Å². The van der Waals surface area contributed by atoms with Crippen molar-refractivity contribution in [2.24, 2.45) is 7.05 Å². The maximum atomic E-state index is 12.8. The van der Waals surface area contributed by atoms with Crippen LogP contribution in [0.15, 0.2) is 24.5 Å². The van der Waals surface area contributed by atoms with Gasteiger partial charge in [-0.15, -0.1) is 0 Å². The molecular weight excluding hydrogens is 239 g/mol. The smallest absolute Gasteiger partial charge is 0.255 e. The molecule has 18 heavy (non-hydrogen) atoms. The maximum Gasteiger partial charge on any atom is 0.255 e. The summed E-state index contributed by atoms with van der Waals surface area (Å²) in [7, 11) is 1.71. The second-order valence-electron chi connectivity index (χ2n) is 3.68. The van der Waals surface area contributed by atoms with E-state index >= 15 is 0 Å². The number of aromatic hydroxyl groups is 1. The van der Waals surface area contributed by atoms with Crippen LogP contribution in [0.25, 0.3) is 0 Å². The molecule has 0 saturated carbocycles. The van der Waals surface area contributed by atoms with Crippen molar-refractivity contribution in [3.63, 3.8) is 0 Å². The Kier molecular flexibility index (Phi) is 3.22. The molecule has 1 amide bonds. The zero-order valence-corrected chi connectivity index (χ0v) is 9.59. The highest BCUT2D eigenvalue weighted by Crippen LogP contribution is 2.17. The summed E-state index contributed by atoms with van der Waals surface area (Å²) in [5.74, 6) is -1.07. The number of hydrogen-bond donors (Lipinski definition) is 2. The Morgan fingerprint density at radius 3 is 2.94 bits per heavy atom. The van der Waals surface area contributed by atoms with E-state index in [9.17, 15) is 14.3 Å². The number of rotatable bonds is 3. The molecule has 6 nitrogen and oxygen atoms in total. The van der Waals surface area contributed by atoms with Crippen molar-refractivity contribution in [1.82, 2.24) is 20.1 Å². The fraction of sp³-hybridized carbons (Fsp3) is 0.182. The number of aryl methyl sites for hydroxylation is 1. The molecule has 0 atom stereocenters. The van der Waals surface area contributed by atoms with Gasteiger partial charge in [-0.05, 0) is 12.1 Å². The third-order valence-corrected chi connectivity index (χ3v) is 2.26. The van der Waals surface area contributed by atoms with Crippen LogP contribution >= 0.6 is 0 Å². The average molecular weight is 250 g/mol. The van der Waals surface area contributed by atoms with Crippen LogP contribution in [0.2, 0.25) is 0 Å². The SMILES string of the molecule is Cn1cnc(CNC(=O)c2ccc(F)cc2O)n1. The molecule has 7 heteroatoms. The second kappa shape index (κ2) is 4.82. The molecule has 2 rings (SSSR count).